The Balaban J connectivity index is 1.63. The zero-order valence-electron chi connectivity index (χ0n) is 13.6. The van der Waals surface area contributed by atoms with Gasteiger partial charge in [0.05, 0.1) is 11.6 Å². The number of fused-ring (bicyclic) bond motifs is 1. The Morgan fingerprint density at radius 1 is 1.12 bits per heavy atom. The molecule has 0 saturated heterocycles. The predicted octanol–water partition coefficient (Wildman–Crippen LogP) is 4.49. The van der Waals surface area contributed by atoms with Gasteiger partial charge in [-0.25, -0.2) is 0 Å². The monoisotopic (exact) mass is 372 g/mol. The second-order valence-electron chi connectivity index (χ2n) is 5.53. The molecule has 0 unspecified atom stereocenters. The van der Waals surface area contributed by atoms with Gasteiger partial charge in [0.15, 0.2) is 0 Å². The van der Waals surface area contributed by atoms with E-state index in [0.717, 1.165) is 27.8 Å². The van der Waals surface area contributed by atoms with E-state index in [1.165, 1.54) is 11.3 Å². The van der Waals surface area contributed by atoms with Gasteiger partial charge in [-0.15, -0.1) is 11.3 Å². The van der Waals surface area contributed by atoms with Crippen LogP contribution < -0.4 is 10.6 Å². The molecule has 2 aromatic carbocycles. The van der Waals surface area contributed by atoms with Gasteiger partial charge in [-0.2, -0.15) is 0 Å². The molecular weight excluding hydrogens is 356 g/mol. The molecule has 0 atom stereocenters. The molecule has 3 rings (SSSR count). The molecule has 6 heteroatoms. The first kappa shape index (κ1) is 17.5. The Bertz CT molecular complexity index is 936. The number of nitrogens with one attached hydrogen (secondary N) is 2. The highest BCUT2D eigenvalue weighted by atomic mass is 35.5. The van der Waals surface area contributed by atoms with Gasteiger partial charge in [0.25, 0.3) is 5.91 Å². The van der Waals surface area contributed by atoms with E-state index in [-0.39, 0.29) is 18.4 Å². The number of benzene rings is 2. The largest absolute Gasteiger partial charge is 0.342 e. The first-order chi connectivity index (χ1) is 12.1. The molecule has 0 aliphatic rings. The summed E-state index contributed by atoms with van der Waals surface area (Å²) in [5.41, 5.74) is 1.86. The van der Waals surface area contributed by atoms with Crippen LogP contribution in [0.1, 0.15) is 22.2 Å². The Hall–Kier alpha value is -2.37. The van der Waals surface area contributed by atoms with Crippen molar-refractivity contribution in [2.45, 2.75) is 13.3 Å². The van der Waals surface area contributed by atoms with Crippen LogP contribution in [-0.4, -0.2) is 18.4 Å². The van der Waals surface area contributed by atoms with Crippen LogP contribution in [0.15, 0.2) is 48.5 Å². The average Bonchev–Trinajstić information content (AvgIpc) is 2.97. The molecule has 0 radical (unpaired) electrons. The first-order valence-corrected chi connectivity index (χ1v) is 9.12. The van der Waals surface area contributed by atoms with Gasteiger partial charge >= 0.3 is 0 Å². The van der Waals surface area contributed by atoms with Crippen molar-refractivity contribution in [3.05, 3.63) is 64.0 Å². The standard InChI is InChI=1S/C19H17ClN2O2S/c1-2-12-6-5-7-13(10-12)22-16(23)11-21-19(24)18-17(20)14-8-3-4-9-15(14)25-18/h3-10H,2,11H2,1H3,(H,21,24)(H,22,23). The molecule has 4 nitrogen and oxygen atoms in total. The number of aryl methyl sites for hydroxylation is 1. The van der Waals surface area contributed by atoms with Crippen molar-refractivity contribution in [2.75, 3.05) is 11.9 Å². The quantitative estimate of drug-likeness (QED) is 0.693. The molecule has 0 spiro atoms. The van der Waals surface area contributed by atoms with Crippen molar-refractivity contribution in [2.24, 2.45) is 0 Å². The SMILES string of the molecule is CCc1cccc(NC(=O)CNC(=O)c2sc3ccccc3c2Cl)c1. The van der Waals surface area contributed by atoms with Gasteiger partial charge < -0.3 is 10.6 Å². The fourth-order valence-electron chi connectivity index (χ4n) is 2.48. The van der Waals surface area contributed by atoms with Crippen LogP contribution >= 0.6 is 22.9 Å². The maximum Gasteiger partial charge on any atom is 0.263 e. The maximum absolute atomic E-state index is 12.3. The van der Waals surface area contributed by atoms with E-state index in [2.05, 4.69) is 17.6 Å². The van der Waals surface area contributed by atoms with Crippen LogP contribution in [0.25, 0.3) is 10.1 Å². The van der Waals surface area contributed by atoms with Crippen molar-refractivity contribution >= 4 is 50.5 Å². The van der Waals surface area contributed by atoms with Crippen LogP contribution in [0.5, 0.6) is 0 Å². The molecule has 128 valence electrons. The lowest BCUT2D eigenvalue weighted by Crippen LogP contribution is -2.32. The van der Waals surface area contributed by atoms with Crippen molar-refractivity contribution in [1.82, 2.24) is 5.32 Å². The molecule has 0 aliphatic heterocycles. The summed E-state index contributed by atoms with van der Waals surface area (Å²) in [6.45, 7) is 1.94. The van der Waals surface area contributed by atoms with Crippen LogP contribution in [0.4, 0.5) is 5.69 Å². The second kappa shape index (κ2) is 7.68. The molecule has 0 saturated carbocycles. The zero-order valence-corrected chi connectivity index (χ0v) is 15.2. The fraction of sp³-hybridized carbons (Fsp3) is 0.158. The van der Waals surface area contributed by atoms with E-state index >= 15 is 0 Å². The van der Waals surface area contributed by atoms with Crippen molar-refractivity contribution in [3.63, 3.8) is 0 Å². The highest BCUT2D eigenvalue weighted by molar-refractivity contribution is 7.21. The van der Waals surface area contributed by atoms with Crippen LogP contribution in [0.3, 0.4) is 0 Å². The molecule has 0 fully saturated rings. The van der Waals surface area contributed by atoms with Crippen LogP contribution in [0, 0.1) is 0 Å². The minimum Gasteiger partial charge on any atom is -0.342 e. The third-order valence-electron chi connectivity index (χ3n) is 3.77. The topological polar surface area (TPSA) is 58.2 Å². The lowest BCUT2D eigenvalue weighted by molar-refractivity contribution is -0.115. The summed E-state index contributed by atoms with van der Waals surface area (Å²) in [5.74, 6) is -0.623. The third kappa shape index (κ3) is 4.00. The van der Waals surface area contributed by atoms with E-state index in [1.54, 1.807) is 0 Å². The van der Waals surface area contributed by atoms with Crippen molar-refractivity contribution in [3.8, 4) is 0 Å². The summed E-state index contributed by atoms with van der Waals surface area (Å²) in [6, 6.07) is 15.2. The van der Waals surface area contributed by atoms with Gasteiger partial charge in [0.1, 0.15) is 4.88 Å². The molecule has 3 aromatic rings. The Labute approximate surface area is 154 Å². The highest BCUT2D eigenvalue weighted by Gasteiger charge is 2.17. The zero-order chi connectivity index (χ0) is 17.8. The number of carbonyl (C=O) groups excluding carboxylic acids is 2. The molecule has 1 heterocycles. The van der Waals surface area contributed by atoms with Crippen LogP contribution in [-0.2, 0) is 11.2 Å². The number of carbonyl (C=O) groups is 2. The van der Waals surface area contributed by atoms with Gasteiger partial charge in [0.2, 0.25) is 5.91 Å². The summed E-state index contributed by atoms with van der Waals surface area (Å²) in [5, 5.41) is 6.68. The summed E-state index contributed by atoms with van der Waals surface area (Å²) >= 11 is 7.60. The summed E-state index contributed by atoms with van der Waals surface area (Å²) < 4.78 is 0.943. The van der Waals surface area contributed by atoms with E-state index in [4.69, 9.17) is 11.6 Å². The van der Waals surface area contributed by atoms with Crippen molar-refractivity contribution < 1.29 is 9.59 Å². The van der Waals surface area contributed by atoms with E-state index < -0.39 is 0 Å². The minimum absolute atomic E-state index is 0.111. The summed E-state index contributed by atoms with van der Waals surface area (Å²) in [6.07, 6.45) is 0.894. The molecule has 0 aliphatic carbocycles. The normalized spacial score (nSPS) is 10.6. The number of thiophene rings is 1. The highest BCUT2D eigenvalue weighted by Crippen LogP contribution is 2.34. The number of rotatable bonds is 5. The van der Waals surface area contributed by atoms with Crippen LogP contribution in [0.2, 0.25) is 5.02 Å². The second-order valence-corrected chi connectivity index (χ2v) is 6.96. The molecule has 2 N–H and O–H groups in total. The lowest BCUT2D eigenvalue weighted by atomic mass is 10.1. The Kier molecular flexibility index (Phi) is 5.36. The van der Waals surface area contributed by atoms with Gasteiger partial charge in [-0.3, -0.25) is 9.59 Å². The maximum atomic E-state index is 12.3. The fourth-order valence-corrected chi connectivity index (χ4v) is 3.91. The number of anilines is 1. The molecule has 0 bridgehead atoms. The first-order valence-electron chi connectivity index (χ1n) is 7.92. The summed E-state index contributed by atoms with van der Waals surface area (Å²) in [7, 11) is 0. The smallest absolute Gasteiger partial charge is 0.263 e. The third-order valence-corrected chi connectivity index (χ3v) is 5.44. The van der Waals surface area contributed by atoms with Gasteiger partial charge in [-0.1, -0.05) is 48.9 Å². The molecule has 1 aromatic heterocycles. The number of hydrogen-bond acceptors (Lipinski definition) is 3. The number of hydrogen-bond donors (Lipinski definition) is 2. The molecule has 2 amide bonds. The van der Waals surface area contributed by atoms with Crippen molar-refractivity contribution in [1.29, 1.82) is 0 Å². The van der Waals surface area contributed by atoms with E-state index in [9.17, 15) is 9.59 Å². The van der Waals surface area contributed by atoms with E-state index in [1.807, 2.05) is 48.5 Å². The predicted molar refractivity (Wildman–Crippen MR) is 104 cm³/mol. The Morgan fingerprint density at radius 2 is 1.92 bits per heavy atom. The summed E-state index contributed by atoms with van der Waals surface area (Å²) in [4.78, 5) is 24.8. The Morgan fingerprint density at radius 3 is 2.68 bits per heavy atom. The van der Waals surface area contributed by atoms with E-state index in [0.29, 0.717) is 9.90 Å². The average molecular weight is 373 g/mol. The van der Waals surface area contributed by atoms with Gasteiger partial charge in [-0.05, 0) is 30.2 Å². The number of halogens is 1. The van der Waals surface area contributed by atoms with Gasteiger partial charge in [0, 0.05) is 15.8 Å². The number of amides is 2. The molecular formula is C19H17ClN2O2S. The minimum atomic E-state index is -0.344. The lowest BCUT2D eigenvalue weighted by Gasteiger charge is -2.07. The molecule has 25 heavy (non-hydrogen) atoms.